The SMILES string of the molecule is NC(=O)c1ccn(-c2cc3[nH]c(=O)oc3cc2N)n1. The number of oxazole rings is 1. The molecule has 0 atom stereocenters. The molecular weight excluding hydrogens is 250 g/mol. The summed E-state index contributed by atoms with van der Waals surface area (Å²) < 4.78 is 6.29. The lowest BCUT2D eigenvalue weighted by Crippen LogP contribution is -2.12. The fourth-order valence-corrected chi connectivity index (χ4v) is 1.79. The zero-order valence-corrected chi connectivity index (χ0v) is 9.58. The molecule has 0 aliphatic heterocycles. The minimum Gasteiger partial charge on any atom is -0.408 e. The second kappa shape index (κ2) is 3.73. The molecule has 0 bridgehead atoms. The highest BCUT2D eigenvalue weighted by atomic mass is 16.4. The third-order valence-electron chi connectivity index (χ3n) is 2.66. The lowest BCUT2D eigenvalue weighted by Gasteiger charge is -2.04. The van der Waals surface area contributed by atoms with Gasteiger partial charge in [-0.15, -0.1) is 0 Å². The summed E-state index contributed by atoms with van der Waals surface area (Å²) in [6, 6.07) is 4.59. The van der Waals surface area contributed by atoms with Crippen molar-refractivity contribution >= 4 is 22.7 Å². The Morgan fingerprint density at radius 2 is 2.21 bits per heavy atom. The molecule has 1 amide bonds. The van der Waals surface area contributed by atoms with Crippen molar-refractivity contribution in [2.24, 2.45) is 5.73 Å². The Labute approximate surface area is 105 Å². The number of carbonyl (C=O) groups is 1. The monoisotopic (exact) mass is 259 g/mol. The molecule has 0 saturated carbocycles. The number of aromatic amines is 1. The zero-order chi connectivity index (χ0) is 13.6. The van der Waals surface area contributed by atoms with E-state index in [1.807, 2.05) is 0 Å². The van der Waals surface area contributed by atoms with E-state index >= 15 is 0 Å². The average Bonchev–Trinajstić information content (AvgIpc) is 2.92. The van der Waals surface area contributed by atoms with Crippen LogP contribution in [0.1, 0.15) is 10.5 Å². The van der Waals surface area contributed by atoms with Crippen LogP contribution < -0.4 is 17.2 Å². The standard InChI is InChI=1S/C11H9N5O3/c12-5-3-9-7(14-11(18)19-9)4-8(5)16-2-1-6(15-16)10(13)17/h1-4H,12H2,(H2,13,17)(H,14,18). The van der Waals surface area contributed by atoms with Crippen LogP contribution in [0.3, 0.4) is 0 Å². The number of carbonyl (C=O) groups excluding carboxylic acids is 1. The van der Waals surface area contributed by atoms with Crippen LogP contribution in [0.15, 0.2) is 33.6 Å². The van der Waals surface area contributed by atoms with E-state index in [0.717, 1.165) is 0 Å². The lowest BCUT2D eigenvalue weighted by atomic mass is 10.2. The molecule has 8 heteroatoms. The molecule has 19 heavy (non-hydrogen) atoms. The molecule has 0 aliphatic carbocycles. The van der Waals surface area contributed by atoms with Crippen LogP contribution in [-0.2, 0) is 0 Å². The number of benzene rings is 1. The molecule has 2 heterocycles. The first-order valence-corrected chi connectivity index (χ1v) is 5.33. The van der Waals surface area contributed by atoms with Crippen LogP contribution in [-0.4, -0.2) is 20.7 Å². The first kappa shape index (κ1) is 11.1. The second-order valence-electron chi connectivity index (χ2n) is 3.93. The Hall–Kier alpha value is -3.03. The van der Waals surface area contributed by atoms with Gasteiger partial charge in [0.15, 0.2) is 5.58 Å². The van der Waals surface area contributed by atoms with Gasteiger partial charge in [0.05, 0.1) is 16.9 Å². The number of fused-ring (bicyclic) bond motifs is 1. The summed E-state index contributed by atoms with van der Waals surface area (Å²) in [5, 5.41) is 3.99. The number of hydrogen-bond acceptors (Lipinski definition) is 5. The molecular formula is C11H9N5O3. The summed E-state index contributed by atoms with van der Waals surface area (Å²) in [7, 11) is 0. The van der Waals surface area contributed by atoms with Crippen LogP contribution in [0.25, 0.3) is 16.8 Å². The molecule has 3 rings (SSSR count). The number of anilines is 1. The van der Waals surface area contributed by atoms with Crippen molar-refractivity contribution in [2.45, 2.75) is 0 Å². The van der Waals surface area contributed by atoms with Gasteiger partial charge < -0.3 is 15.9 Å². The minimum absolute atomic E-state index is 0.125. The van der Waals surface area contributed by atoms with Crippen molar-refractivity contribution in [3.8, 4) is 5.69 Å². The van der Waals surface area contributed by atoms with E-state index in [0.29, 0.717) is 22.5 Å². The van der Waals surface area contributed by atoms with Crippen LogP contribution in [0.5, 0.6) is 0 Å². The third kappa shape index (κ3) is 1.75. The van der Waals surface area contributed by atoms with Gasteiger partial charge in [-0.05, 0) is 12.1 Å². The van der Waals surface area contributed by atoms with Gasteiger partial charge in [0, 0.05) is 12.3 Å². The number of nitrogen functional groups attached to an aromatic ring is 1. The molecule has 2 aromatic heterocycles. The number of aromatic nitrogens is 3. The van der Waals surface area contributed by atoms with Gasteiger partial charge in [-0.1, -0.05) is 0 Å². The van der Waals surface area contributed by atoms with E-state index in [-0.39, 0.29) is 5.69 Å². The lowest BCUT2D eigenvalue weighted by molar-refractivity contribution is 0.0995. The van der Waals surface area contributed by atoms with E-state index in [9.17, 15) is 9.59 Å². The summed E-state index contributed by atoms with van der Waals surface area (Å²) in [5.41, 5.74) is 12.8. The minimum atomic E-state index is -0.630. The largest absolute Gasteiger partial charge is 0.417 e. The highest BCUT2D eigenvalue weighted by molar-refractivity contribution is 5.90. The maximum absolute atomic E-state index is 11.1. The van der Waals surface area contributed by atoms with Crippen molar-refractivity contribution in [2.75, 3.05) is 5.73 Å². The van der Waals surface area contributed by atoms with Crippen LogP contribution in [0.2, 0.25) is 0 Å². The van der Waals surface area contributed by atoms with Gasteiger partial charge >= 0.3 is 5.76 Å². The predicted molar refractivity (Wildman–Crippen MR) is 66.9 cm³/mol. The van der Waals surface area contributed by atoms with Gasteiger partial charge in [0.1, 0.15) is 5.69 Å². The number of primary amides is 1. The summed E-state index contributed by atoms with van der Waals surface area (Å²) in [4.78, 5) is 24.6. The van der Waals surface area contributed by atoms with E-state index in [4.69, 9.17) is 15.9 Å². The Balaban J connectivity index is 2.20. The van der Waals surface area contributed by atoms with Crippen molar-refractivity contribution in [3.63, 3.8) is 0 Å². The number of amides is 1. The highest BCUT2D eigenvalue weighted by Gasteiger charge is 2.11. The highest BCUT2D eigenvalue weighted by Crippen LogP contribution is 2.22. The molecule has 1 aromatic carbocycles. The van der Waals surface area contributed by atoms with Crippen LogP contribution in [0.4, 0.5) is 5.69 Å². The van der Waals surface area contributed by atoms with E-state index in [1.54, 1.807) is 12.3 Å². The molecule has 5 N–H and O–H groups in total. The Bertz CT molecular complexity index is 842. The van der Waals surface area contributed by atoms with Crippen molar-refractivity contribution in [1.82, 2.24) is 14.8 Å². The first-order valence-electron chi connectivity index (χ1n) is 5.33. The van der Waals surface area contributed by atoms with Crippen LogP contribution in [0, 0.1) is 0 Å². The summed E-state index contributed by atoms with van der Waals surface area (Å²) in [6.07, 6.45) is 1.55. The molecule has 8 nitrogen and oxygen atoms in total. The van der Waals surface area contributed by atoms with E-state index < -0.39 is 11.7 Å². The molecule has 0 aliphatic rings. The molecule has 3 aromatic rings. The number of hydrogen-bond donors (Lipinski definition) is 3. The van der Waals surface area contributed by atoms with Crippen molar-refractivity contribution in [1.29, 1.82) is 0 Å². The van der Waals surface area contributed by atoms with E-state index in [1.165, 1.54) is 16.8 Å². The normalized spacial score (nSPS) is 10.9. The Morgan fingerprint density at radius 3 is 2.89 bits per heavy atom. The van der Waals surface area contributed by atoms with Crippen molar-refractivity contribution < 1.29 is 9.21 Å². The number of rotatable bonds is 2. The average molecular weight is 259 g/mol. The van der Waals surface area contributed by atoms with E-state index in [2.05, 4.69) is 10.1 Å². The number of nitrogens with one attached hydrogen (secondary N) is 1. The molecule has 0 fully saturated rings. The second-order valence-corrected chi connectivity index (χ2v) is 3.93. The Morgan fingerprint density at radius 1 is 1.42 bits per heavy atom. The van der Waals surface area contributed by atoms with Crippen molar-refractivity contribution in [3.05, 3.63) is 40.6 Å². The van der Waals surface area contributed by atoms with Crippen LogP contribution >= 0.6 is 0 Å². The summed E-state index contributed by atoms with van der Waals surface area (Å²) in [5.74, 6) is -1.19. The number of nitrogens with zero attached hydrogens (tertiary/aromatic N) is 2. The van der Waals surface area contributed by atoms with Gasteiger partial charge in [-0.3, -0.25) is 9.78 Å². The first-order chi connectivity index (χ1) is 9.04. The molecule has 0 radical (unpaired) electrons. The fourth-order valence-electron chi connectivity index (χ4n) is 1.79. The molecule has 0 spiro atoms. The molecule has 0 unspecified atom stereocenters. The molecule has 0 saturated heterocycles. The predicted octanol–water partition coefficient (Wildman–Crippen LogP) is -0.0121. The fraction of sp³-hybridized carbons (Fsp3) is 0. The van der Waals surface area contributed by atoms with Gasteiger partial charge in [0.25, 0.3) is 5.91 Å². The van der Waals surface area contributed by atoms with Gasteiger partial charge in [-0.25, -0.2) is 9.48 Å². The summed E-state index contributed by atoms with van der Waals surface area (Å²) >= 11 is 0. The van der Waals surface area contributed by atoms with Gasteiger partial charge in [-0.2, -0.15) is 5.10 Å². The quantitative estimate of drug-likeness (QED) is 0.556. The van der Waals surface area contributed by atoms with Gasteiger partial charge in [0.2, 0.25) is 0 Å². The smallest absolute Gasteiger partial charge is 0.408 e. The number of H-pyrrole nitrogens is 1. The maximum Gasteiger partial charge on any atom is 0.417 e. The molecule has 96 valence electrons. The third-order valence-corrected chi connectivity index (χ3v) is 2.66. The maximum atomic E-state index is 11.1. The zero-order valence-electron chi connectivity index (χ0n) is 9.58. The Kier molecular flexibility index (Phi) is 2.18. The summed E-state index contributed by atoms with van der Waals surface area (Å²) in [6.45, 7) is 0. The topological polar surface area (TPSA) is 133 Å². The number of nitrogens with two attached hydrogens (primary N) is 2.